The van der Waals surface area contributed by atoms with E-state index in [0.29, 0.717) is 6.04 Å². The predicted molar refractivity (Wildman–Crippen MR) is 86.8 cm³/mol. The second kappa shape index (κ2) is 7.60. The highest BCUT2D eigenvalue weighted by molar-refractivity contribution is 9.10. The normalized spacial score (nSPS) is 12.6. The summed E-state index contributed by atoms with van der Waals surface area (Å²) in [6.45, 7) is 6.26. The number of rotatable bonds is 7. The molecule has 0 bridgehead atoms. The van der Waals surface area contributed by atoms with Crippen molar-refractivity contribution in [1.29, 1.82) is 0 Å². The van der Waals surface area contributed by atoms with Gasteiger partial charge < -0.3 is 5.32 Å². The Morgan fingerprint density at radius 1 is 1.35 bits per heavy atom. The van der Waals surface area contributed by atoms with E-state index in [4.69, 9.17) is 0 Å². The number of nitrogens with one attached hydrogen (secondary N) is 1. The van der Waals surface area contributed by atoms with Gasteiger partial charge in [0, 0.05) is 22.3 Å². The zero-order valence-corrected chi connectivity index (χ0v) is 13.7. The third-order valence-electron chi connectivity index (χ3n) is 3.34. The Morgan fingerprint density at radius 2 is 2.20 bits per heavy atom. The van der Waals surface area contributed by atoms with Gasteiger partial charge in [-0.2, -0.15) is 5.10 Å². The molecule has 108 valence electrons. The molecule has 2 aromatic rings. The van der Waals surface area contributed by atoms with Crippen molar-refractivity contribution in [3.05, 3.63) is 52.3 Å². The zero-order chi connectivity index (χ0) is 14.4. The molecule has 0 aliphatic carbocycles. The Morgan fingerprint density at radius 3 is 2.90 bits per heavy atom. The first-order valence-electron chi connectivity index (χ1n) is 7.23. The Hall–Kier alpha value is -1.13. The van der Waals surface area contributed by atoms with E-state index in [-0.39, 0.29) is 0 Å². The number of halogens is 1. The average Bonchev–Trinajstić information content (AvgIpc) is 2.88. The van der Waals surface area contributed by atoms with E-state index in [1.165, 1.54) is 11.1 Å². The highest BCUT2D eigenvalue weighted by atomic mass is 79.9. The summed E-state index contributed by atoms with van der Waals surface area (Å²) < 4.78 is 3.12. The molecule has 0 saturated heterocycles. The third-order valence-corrected chi connectivity index (χ3v) is 3.83. The molecule has 0 fully saturated rings. The van der Waals surface area contributed by atoms with E-state index >= 15 is 0 Å². The van der Waals surface area contributed by atoms with Crippen molar-refractivity contribution in [3.63, 3.8) is 0 Å². The van der Waals surface area contributed by atoms with Gasteiger partial charge in [-0.25, -0.2) is 0 Å². The van der Waals surface area contributed by atoms with Crippen LogP contribution in [0.1, 0.15) is 43.9 Å². The smallest absolute Gasteiger partial charge is 0.0659 e. The molecular weight excluding hydrogens is 314 g/mol. The third kappa shape index (κ3) is 4.18. The fraction of sp³-hybridized carbons (Fsp3) is 0.438. The van der Waals surface area contributed by atoms with Crippen molar-refractivity contribution < 1.29 is 0 Å². The highest BCUT2D eigenvalue weighted by Crippen LogP contribution is 2.17. The van der Waals surface area contributed by atoms with Crippen molar-refractivity contribution in [1.82, 2.24) is 15.1 Å². The molecule has 4 heteroatoms. The molecule has 1 heterocycles. The summed E-state index contributed by atoms with van der Waals surface area (Å²) in [4.78, 5) is 0. The number of aromatic nitrogens is 2. The highest BCUT2D eigenvalue weighted by Gasteiger charge is 2.10. The van der Waals surface area contributed by atoms with Crippen molar-refractivity contribution >= 4 is 15.9 Å². The maximum absolute atomic E-state index is 4.48. The summed E-state index contributed by atoms with van der Waals surface area (Å²) in [5.41, 5.74) is 2.53. The van der Waals surface area contributed by atoms with Gasteiger partial charge in [-0.15, -0.1) is 0 Å². The molecule has 0 spiro atoms. The van der Waals surface area contributed by atoms with E-state index in [1.807, 2.05) is 16.9 Å². The van der Waals surface area contributed by atoms with Crippen LogP contribution in [-0.4, -0.2) is 16.3 Å². The van der Waals surface area contributed by atoms with Gasteiger partial charge in [0.15, 0.2) is 0 Å². The van der Waals surface area contributed by atoms with Gasteiger partial charge in [-0.05, 0) is 37.1 Å². The lowest BCUT2D eigenvalue weighted by atomic mass is 10.1. The molecule has 20 heavy (non-hydrogen) atoms. The van der Waals surface area contributed by atoms with Crippen LogP contribution in [0.15, 0.2) is 41.1 Å². The van der Waals surface area contributed by atoms with Crippen LogP contribution in [0.2, 0.25) is 0 Å². The Bertz CT molecular complexity index is 536. The molecule has 0 aliphatic heterocycles. The quantitative estimate of drug-likeness (QED) is 0.823. The molecule has 1 aromatic heterocycles. The molecule has 0 aliphatic rings. The first kappa shape index (κ1) is 15.3. The number of hydrogen-bond donors (Lipinski definition) is 1. The summed E-state index contributed by atoms with van der Waals surface area (Å²) in [5, 5.41) is 8.04. The van der Waals surface area contributed by atoms with Crippen molar-refractivity contribution in [2.24, 2.45) is 0 Å². The largest absolute Gasteiger partial charge is 0.310 e. The van der Waals surface area contributed by atoms with Gasteiger partial charge >= 0.3 is 0 Å². The van der Waals surface area contributed by atoms with Crippen molar-refractivity contribution in [2.75, 3.05) is 6.54 Å². The predicted octanol–water partition coefficient (Wildman–Crippen LogP) is 4.14. The lowest BCUT2D eigenvalue weighted by Gasteiger charge is -2.14. The van der Waals surface area contributed by atoms with Crippen molar-refractivity contribution in [3.8, 4) is 0 Å². The minimum Gasteiger partial charge on any atom is -0.310 e. The molecule has 2 rings (SSSR count). The molecule has 0 amide bonds. The molecule has 1 atom stereocenters. The van der Waals surface area contributed by atoms with Crippen LogP contribution < -0.4 is 5.32 Å². The van der Waals surface area contributed by atoms with Crippen LogP contribution in [0.25, 0.3) is 0 Å². The molecule has 0 radical (unpaired) electrons. The van der Waals surface area contributed by atoms with Crippen LogP contribution in [0.5, 0.6) is 0 Å². The molecule has 1 aromatic carbocycles. The molecule has 0 saturated carbocycles. The van der Waals surface area contributed by atoms with Crippen LogP contribution in [-0.2, 0) is 6.54 Å². The molecule has 3 nitrogen and oxygen atoms in total. The molecular formula is C16H22BrN3. The Kier molecular flexibility index (Phi) is 5.80. The van der Waals surface area contributed by atoms with E-state index in [0.717, 1.165) is 30.4 Å². The van der Waals surface area contributed by atoms with Crippen molar-refractivity contribution in [2.45, 2.75) is 39.3 Å². The first-order chi connectivity index (χ1) is 9.72. The van der Waals surface area contributed by atoms with E-state index in [1.54, 1.807) is 0 Å². The number of hydrogen-bond acceptors (Lipinski definition) is 2. The number of nitrogens with zero attached hydrogens (tertiary/aromatic N) is 2. The van der Waals surface area contributed by atoms with Gasteiger partial charge in [0.05, 0.1) is 12.7 Å². The van der Waals surface area contributed by atoms with Gasteiger partial charge in [0.25, 0.3) is 0 Å². The zero-order valence-electron chi connectivity index (χ0n) is 12.1. The van der Waals surface area contributed by atoms with Crippen LogP contribution in [0.4, 0.5) is 0 Å². The fourth-order valence-corrected chi connectivity index (χ4v) is 2.73. The van der Waals surface area contributed by atoms with E-state index < -0.39 is 0 Å². The standard InChI is InChI=1S/C16H22BrN3/c1-3-8-18-16(4-2)14-10-19-20(12-14)11-13-6-5-7-15(17)9-13/h5-7,9-10,12,16,18H,3-4,8,11H2,1-2H3. The van der Waals surface area contributed by atoms with Crippen LogP contribution >= 0.6 is 15.9 Å². The first-order valence-corrected chi connectivity index (χ1v) is 8.02. The second-order valence-corrected chi connectivity index (χ2v) is 5.93. The van der Waals surface area contributed by atoms with Crippen LogP contribution in [0, 0.1) is 0 Å². The Balaban J connectivity index is 2.04. The summed E-state index contributed by atoms with van der Waals surface area (Å²) >= 11 is 3.50. The monoisotopic (exact) mass is 335 g/mol. The van der Waals surface area contributed by atoms with Gasteiger partial charge in [-0.1, -0.05) is 41.9 Å². The van der Waals surface area contributed by atoms with E-state index in [9.17, 15) is 0 Å². The molecule has 1 N–H and O–H groups in total. The van der Waals surface area contributed by atoms with Gasteiger partial charge in [0.2, 0.25) is 0 Å². The molecule has 1 unspecified atom stereocenters. The minimum atomic E-state index is 0.409. The maximum atomic E-state index is 4.48. The van der Waals surface area contributed by atoms with Gasteiger partial charge in [-0.3, -0.25) is 4.68 Å². The van der Waals surface area contributed by atoms with Gasteiger partial charge in [0.1, 0.15) is 0 Å². The lowest BCUT2D eigenvalue weighted by Crippen LogP contribution is -2.21. The SMILES string of the molecule is CCCNC(CC)c1cnn(Cc2cccc(Br)c2)c1. The fourth-order valence-electron chi connectivity index (χ4n) is 2.28. The maximum Gasteiger partial charge on any atom is 0.0659 e. The summed E-state index contributed by atoms with van der Waals surface area (Å²) in [5.74, 6) is 0. The summed E-state index contributed by atoms with van der Waals surface area (Å²) in [6.07, 6.45) is 6.37. The number of benzene rings is 1. The summed E-state index contributed by atoms with van der Waals surface area (Å²) in [7, 11) is 0. The van der Waals surface area contributed by atoms with Crippen LogP contribution in [0.3, 0.4) is 0 Å². The topological polar surface area (TPSA) is 29.9 Å². The second-order valence-electron chi connectivity index (χ2n) is 5.02. The minimum absolute atomic E-state index is 0.409. The Labute approximate surface area is 129 Å². The lowest BCUT2D eigenvalue weighted by molar-refractivity contribution is 0.517. The van der Waals surface area contributed by atoms with E-state index in [2.05, 4.69) is 64.6 Å². The summed E-state index contributed by atoms with van der Waals surface area (Å²) in [6, 6.07) is 8.76. The average molecular weight is 336 g/mol.